The molecule has 0 fully saturated rings. The Kier molecular flexibility index (Phi) is 5.65. The maximum atomic E-state index is 13.7. The van der Waals surface area contributed by atoms with Gasteiger partial charge in [-0.25, -0.2) is 0 Å². The van der Waals surface area contributed by atoms with Crippen LogP contribution in [0.2, 0.25) is 5.02 Å². The second kappa shape index (κ2) is 8.55. The van der Waals surface area contributed by atoms with Gasteiger partial charge in [0.15, 0.2) is 22.7 Å². The van der Waals surface area contributed by atoms with Crippen LogP contribution in [-0.2, 0) is 0 Å². The quantitative estimate of drug-likeness (QED) is 0.317. The van der Waals surface area contributed by atoms with Gasteiger partial charge in [0.05, 0.1) is 28.6 Å². The molecular formula is C26H17BrClNO6. The molecule has 0 saturated carbocycles. The summed E-state index contributed by atoms with van der Waals surface area (Å²) in [6, 6.07) is 13.4. The van der Waals surface area contributed by atoms with Gasteiger partial charge in [0.2, 0.25) is 5.76 Å². The number of hydrogen-bond donors (Lipinski definition) is 1. The van der Waals surface area contributed by atoms with Crippen LogP contribution in [0.25, 0.3) is 11.0 Å². The lowest BCUT2D eigenvalue weighted by Gasteiger charge is -2.26. The molecule has 0 saturated heterocycles. The molecule has 5 rings (SSSR count). The van der Waals surface area contributed by atoms with Crippen LogP contribution in [0.5, 0.6) is 11.5 Å². The van der Waals surface area contributed by atoms with Gasteiger partial charge in [0.25, 0.3) is 5.91 Å². The van der Waals surface area contributed by atoms with Crippen molar-refractivity contribution in [2.24, 2.45) is 0 Å². The van der Waals surface area contributed by atoms with E-state index in [2.05, 4.69) is 15.9 Å². The number of aromatic hydroxyl groups is 1. The Morgan fingerprint density at radius 1 is 1.11 bits per heavy atom. The largest absolute Gasteiger partial charge is 0.503 e. The number of anilines is 1. The topological polar surface area (TPSA) is 97.0 Å². The summed E-state index contributed by atoms with van der Waals surface area (Å²) in [5.74, 6) is -0.673. The molecule has 0 aliphatic carbocycles. The number of carbonyl (C=O) groups is 2. The molecule has 35 heavy (non-hydrogen) atoms. The molecule has 176 valence electrons. The normalized spacial score (nSPS) is 14.9. The van der Waals surface area contributed by atoms with Crippen molar-refractivity contribution < 1.29 is 23.8 Å². The van der Waals surface area contributed by atoms with Crippen molar-refractivity contribution in [1.29, 1.82) is 0 Å². The minimum atomic E-state index is -0.897. The number of hydrogen-bond acceptors (Lipinski definition) is 6. The number of fused-ring (bicyclic) bond motifs is 2. The SMILES string of the molecule is COc1cc(C2c3c(oc4ccc(Cl)cc4c3=O)C(=O)N2c2ccc(C(C)=O)cc2)cc(Br)c1O. The van der Waals surface area contributed by atoms with Crippen molar-refractivity contribution in [1.82, 2.24) is 0 Å². The van der Waals surface area contributed by atoms with Gasteiger partial charge < -0.3 is 14.3 Å². The van der Waals surface area contributed by atoms with Crippen LogP contribution in [0.3, 0.4) is 0 Å². The van der Waals surface area contributed by atoms with E-state index < -0.39 is 17.4 Å². The molecule has 3 aromatic carbocycles. The molecule has 1 aromatic heterocycles. The molecule has 1 N–H and O–H groups in total. The Morgan fingerprint density at radius 3 is 2.49 bits per heavy atom. The standard InChI is InChI=1S/C26H17BrClNO6/c1-12(30)13-3-6-16(7-4-13)29-22(14-9-18(27)24(32)20(10-14)34-2)21-23(31)17-11-15(28)5-8-19(17)35-25(21)26(29)33/h3-11,22,32H,1-2H3. The minimum absolute atomic E-state index is 0.0892. The number of halogens is 2. The molecule has 1 aliphatic heterocycles. The third kappa shape index (κ3) is 3.69. The Labute approximate surface area is 212 Å². The van der Waals surface area contributed by atoms with E-state index in [0.717, 1.165) is 0 Å². The van der Waals surface area contributed by atoms with E-state index in [9.17, 15) is 19.5 Å². The van der Waals surface area contributed by atoms with Crippen LogP contribution < -0.4 is 15.1 Å². The first-order valence-corrected chi connectivity index (χ1v) is 11.7. The number of ketones is 1. The van der Waals surface area contributed by atoms with Gasteiger partial charge in [-0.1, -0.05) is 11.6 Å². The zero-order chi connectivity index (χ0) is 25.0. The fraction of sp³-hybridized carbons (Fsp3) is 0.115. The maximum Gasteiger partial charge on any atom is 0.295 e. The highest BCUT2D eigenvalue weighted by Crippen LogP contribution is 2.45. The molecular weight excluding hydrogens is 538 g/mol. The molecule has 2 heterocycles. The lowest BCUT2D eigenvalue weighted by molar-refractivity contribution is 0.0970. The second-order valence-corrected chi connectivity index (χ2v) is 9.34. The van der Waals surface area contributed by atoms with Crippen LogP contribution >= 0.6 is 27.5 Å². The lowest BCUT2D eigenvalue weighted by atomic mass is 9.97. The minimum Gasteiger partial charge on any atom is -0.503 e. The lowest BCUT2D eigenvalue weighted by Crippen LogP contribution is -2.29. The van der Waals surface area contributed by atoms with E-state index in [1.807, 2.05) is 0 Å². The number of ether oxygens (including phenoxy) is 1. The number of methoxy groups -OCH3 is 1. The Hall–Kier alpha value is -3.62. The van der Waals surface area contributed by atoms with E-state index >= 15 is 0 Å². The number of carbonyl (C=O) groups excluding carboxylic acids is 2. The molecule has 1 unspecified atom stereocenters. The summed E-state index contributed by atoms with van der Waals surface area (Å²) in [5.41, 5.74) is 1.43. The Balaban J connectivity index is 1.81. The molecule has 9 heteroatoms. The van der Waals surface area contributed by atoms with E-state index in [1.54, 1.807) is 48.5 Å². The number of Topliss-reactive ketones (excluding diaryl/α,β-unsaturated/α-hetero) is 1. The van der Waals surface area contributed by atoms with Crippen molar-refractivity contribution in [3.05, 3.63) is 96.8 Å². The number of benzene rings is 3. The average molecular weight is 555 g/mol. The van der Waals surface area contributed by atoms with E-state index in [0.29, 0.717) is 26.3 Å². The number of amides is 1. The van der Waals surface area contributed by atoms with Gasteiger partial charge in [-0.05, 0) is 83.0 Å². The van der Waals surface area contributed by atoms with Gasteiger partial charge in [0, 0.05) is 16.3 Å². The number of rotatable bonds is 4. The highest BCUT2D eigenvalue weighted by molar-refractivity contribution is 9.10. The van der Waals surface area contributed by atoms with Gasteiger partial charge in [-0.2, -0.15) is 0 Å². The van der Waals surface area contributed by atoms with Gasteiger partial charge >= 0.3 is 0 Å². The highest BCUT2D eigenvalue weighted by atomic mass is 79.9. The van der Waals surface area contributed by atoms with Gasteiger partial charge in [-0.3, -0.25) is 19.3 Å². The van der Waals surface area contributed by atoms with E-state index in [4.69, 9.17) is 20.8 Å². The summed E-state index contributed by atoms with van der Waals surface area (Å²) < 4.78 is 11.6. The van der Waals surface area contributed by atoms with E-state index in [-0.39, 0.29) is 39.6 Å². The van der Waals surface area contributed by atoms with Crippen LogP contribution in [-0.4, -0.2) is 23.9 Å². The van der Waals surface area contributed by atoms with Crippen molar-refractivity contribution in [2.45, 2.75) is 13.0 Å². The summed E-state index contributed by atoms with van der Waals surface area (Å²) >= 11 is 9.45. The average Bonchev–Trinajstić information content (AvgIpc) is 3.13. The first-order valence-electron chi connectivity index (χ1n) is 10.5. The summed E-state index contributed by atoms with van der Waals surface area (Å²) in [7, 11) is 1.40. The van der Waals surface area contributed by atoms with Crippen molar-refractivity contribution in [2.75, 3.05) is 12.0 Å². The third-order valence-electron chi connectivity index (χ3n) is 5.97. The van der Waals surface area contributed by atoms with Crippen molar-refractivity contribution in [3.8, 4) is 11.5 Å². The second-order valence-electron chi connectivity index (χ2n) is 8.05. The fourth-order valence-electron chi connectivity index (χ4n) is 4.29. The Bertz CT molecular complexity index is 1590. The Morgan fingerprint density at radius 2 is 1.83 bits per heavy atom. The van der Waals surface area contributed by atoms with Crippen LogP contribution in [0.1, 0.15) is 45.0 Å². The molecule has 0 bridgehead atoms. The van der Waals surface area contributed by atoms with Crippen LogP contribution in [0, 0.1) is 0 Å². The molecule has 4 aromatic rings. The molecule has 0 radical (unpaired) electrons. The smallest absolute Gasteiger partial charge is 0.295 e. The van der Waals surface area contributed by atoms with Crippen LogP contribution in [0.15, 0.2) is 68.3 Å². The van der Waals surface area contributed by atoms with Gasteiger partial charge in [0.1, 0.15) is 5.58 Å². The molecule has 7 nitrogen and oxygen atoms in total. The predicted molar refractivity (Wildman–Crippen MR) is 135 cm³/mol. The monoisotopic (exact) mass is 553 g/mol. The molecule has 1 amide bonds. The summed E-state index contributed by atoms with van der Waals surface area (Å²) in [5, 5.41) is 10.9. The highest BCUT2D eigenvalue weighted by Gasteiger charge is 2.44. The van der Waals surface area contributed by atoms with Crippen molar-refractivity contribution in [3.63, 3.8) is 0 Å². The number of phenolic OH excluding ortho intramolecular Hbond substituents is 1. The fourth-order valence-corrected chi connectivity index (χ4v) is 4.92. The summed E-state index contributed by atoms with van der Waals surface area (Å²) in [4.78, 5) is 40.6. The molecule has 1 aliphatic rings. The first-order chi connectivity index (χ1) is 16.7. The summed E-state index contributed by atoms with van der Waals surface area (Å²) in [6.07, 6.45) is 0. The zero-order valence-corrected chi connectivity index (χ0v) is 20.8. The zero-order valence-electron chi connectivity index (χ0n) is 18.5. The molecule has 1 atom stereocenters. The maximum absolute atomic E-state index is 13.7. The first kappa shape index (κ1) is 23.1. The molecule has 0 spiro atoms. The van der Waals surface area contributed by atoms with Gasteiger partial charge in [-0.15, -0.1) is 0 Å². The number of phenols is 1. The van der Waals surface area contributed by atoms with Crippen molar-refractivity contribution >= 4 is 55.9 Å². The van der Waals surface area contributed by atoms with E-state index in [1.165, 1.54) is 25.0 Å². The summed E-state index contributed by atoms with van der Waals surface area (Å²) in [6.45, 7) is 1.45. The predicted octanol–water partition coefficient (Wildman–Crippen LogP) is 5.88. The van der Waals surface area contributed by atoms with Crippen LogP contribution in [0.4, 0.5) is 5.69 Å². The third-order valence-corrected chi connectivity index (χ3v) is 6.81. The number of nitrogens with zero attached hydrogens (tertiary/aromatic N) is 1.